The van der Waals surface area contributed by atoms with Crippen LogP contribution in [0, 0.1) is 0 Å². The van der Waals surface area contributed by atoms with E-state index >= 15 is 0 Å². The maximum Gasteiger partial charge on any atom is 0.172 e. The molecule has 1 fully saturated rings. The van der Waals surface area contributed by atoms with Crippen molar-refractivity contribution >= 4 is 11.6 Å². The van der Waals surface area contributed by atoms with Crippen LogP contribution in [-0.4, -0.2) is 5.16 Å². The molecule has 0 unspecified atom stereocenters. The van der Waals surface area contributed by atoms with E-state index in [4.69, 9.17) is 16.1 Å². The van der Waals surface area contributed by atoms with Crippen LogP contribution in [-0.2, 0) is 0 Å². The summed E-state index contributed by atoms with van der Waals surface area (Å²) < 4.78 is 5.07. The molecule has 1 aliphatic rings. The van der Waals surface area contributed by atoms with Gasteiger partial charge in [0.2, 0.25) is 0 Å². The van der Waals surface area contributed by atoms with E-state index < -0.39 is 0 Å². The number of hydrogen-bond acceptors (Lipinski definition) is 2. The molecule has 1 saturated carbocycles. The first-order valence-corrected chi connectivity index (χ1v) is 4.36. The summed E-state index contributed by atoms with van der Waals surface area (Å²) in [5, 5.41) is 4.13. The Labute approximate surface area is 70.5 Å². The highest BCUT2D eigenvalue weighted by atomic mass is 35.5. The second kappa shape index (κ2) is 2.86. The van der Waals surface area contributed by atoms with Gasteiger partial charge in [-0.25, -0.2) is 0 Å². The third-order valence-corrected chi connectivity index (χ3v) is 2.44. The fourth-order valence-corrected chi connectivity index (χ4v) is 1.81. The molecule has 0 bridgehead atoms. The number of hydrogen-bond donors (Lipinski definition) is 0. The highest BCUT2D eigenvalue weighted by Gasteiger charge is 2.20. The Kier molecular flexibility index (Phi) is 1.86. The van der Waals surface area contributed by atoms with Gasteiger partial charge in [0.25, 0.3) is 0 Å². The molecule has 0 radical (unpaired) electrons. The Morgan fingerprint density at radius 1 is 1.45 bits per heavy atom. The molecule has 1 aromatic heterocycles. The molecule has 0 spiro atoms. The van der Waals surface area contributed by atoms with Crippen LogP contribution < -0.4 is 0 Å². The van der Waals surface area contributed by atoms with E-state index in [-0.39, 0.29) is 0 Å². The molecule has 0 saturated heterocycles. The second-order valence-corrected chi connectivity index (χ2v) is 3.42. The van der Waals surface area contributed by atoms with E-state index in [2.05, 4.69) is 5.16 Å². The van der Waals surface area contributed by atoms with Gasteiger partial charge < -0.3 is 4.52 Å². The molecule has 3 heteroatoms. The summed E-state index contributed by atoms with van der Waals surface area (Å²) >= 11 is 5.63. The lowest BCUT2D eigenvalue weighted by Crippen LogP contribution is -1.87. The molecule has 1 aromatic rings. The van der Waals surface area contributed by atoms with Gasteiger partial charge in [-0.2, -0.15) is 0 Å². The lowest BCUT2D eigenvalue weighted by Gasteiger charge is -2.00. The Morgan fingerprint density at radius 2 is 2.18 bits per heavy atom. The maximum atomic E-state index is 5.63. The van der Waals surface area contributed by atoms with Crippen LogP contribution >= 0.6 is 11.6 Å². The molecule has 0 N–H and O–H groups in total. The molecule has 0 aromatic carbocycles. The standard InChI is InChI=1S/C8H10ClNO/c9-8-5-7(11-10-8)6-3-1-2-4-6/h5-6H,1-4H2. The van der Waals surface area contributed by atoms with Gasteiger partial charge in [0.15, 0.2) is 5.15 Å². The SMILES string of the molecule is Clc1cc(C2CCCC2)on1. The monoisotopic (exact) mass is 171 g/mol. The van der Waals surface area contributed by atoms with Crippen molar-refractivity contribution in [2.24, 2.45) is 0 Å². The van der Waals surface area contributed by atoms with E-state index in [0.717, 1.165) is 5.76 Å². The van der Waals surface area contributed by atoms with Gasteiger partial charge in [-0.3, -0.25) is 0 Å². The van der Waals surface area contributed by atoms with Crippen molar-refractivity contribution in [2.75, 3.05) is 0 Å². The van der Waals surface area contributed by atoms with E-state index in [1.807, 2.05) is 6.07 Å². The zero-order chi connectivity index (χ0) is 7.68. The third kappa shape index (κ3) is 1.41. The van der Waals surface area contributed by atoms with Crippen LogP contribution in [0.5, 0.6) is 0 Å². The van der Waals surface area contributed by atoms with E-state index in [0.29, 0.717) is 11.1 Å². The Morgan fingerprint density at radius 3 is 2.73 bits per heavy atom. The first-order valence-electron chi connectivity index (χ1n) is 3.98. The molecule has 11 heavy (non-hydrogen) atoms. The van der Waals surface area contributed by atoms with Crippen LogP contribution in [0.1, 0.15) is 37.4 Å². The normalized spacial score (nSPS) is 19.4. The quantitative estimate of drug-likeness (QED) is 0.649. The minimum Gasteiger partial charge on any atom is -0.360 e. The number of aromatic nitrogens is 1. The van der Waals surface area contributed by atoms with Gasteiger partial charge in [-0.15, -0.1) is 0 Å². The van der Waals surface area contributed by atoms with Gasteiger partial charge in [0.1, 0.15) is 5.76 Å². The molecular formula is C8H10ClNO. The average Bonchev–Trinajstić information content (AvgIpc) is 2.55. The fourth-order valence-electron chi connectivity index (χ4n) is 1.67. The summed E-state index contributed by atoms with van der Waals surface area (Å²) in [6, 6.07) is 1.83. The first kappa shape index (κ1) is 7.17. The van der Waals surface area contributed by atoms with E-state index in [1.54, 1.807) is 0 Å². The molecule has 60 valence electrons. The summed E-state index contributed by atoms with van der Waals surface area (Å²) in [5.41, 5.74) is 0. The third-order valence-electron chi connectivity index (χ3n) is 2.26. The average molecular weight is 172 g/mol. The highest BCUT2D eigenvalue weighted by Crippen LogP contribution is 2.34. The zero-order valence-electron chi connectivity index (χ0n) is 6.22. The first-order chi connectivity index (χ1) is 5.36. The van der Waals surface area contributed by atoms with Crippen molar-refractivity contribution < 1.29 is 4.52 Å². The molecule has 2 rings (SSSR count). The molecule has 2 nitrogen and oxygen atoms in total. The lowest BCUT2D eigenvalue weighted by atomic mass is 10.1. The van der Waals surface area contributed by atoms with Gasteiger partial charge in [-0.1, -0.05) is 29.6 Å². The van der Waals surface area contributed by atoms with Crippen LogP contribution in [0.15, 0.2) is 10.6 Å². The zero-order valence-corrected chi connectivity index (χ0v) is 6.97. The lowest BCUT2D eigenvalue weighted by molar-refractivity contribution is 0.361. The number of nitrogens with zero attached hydrogens (tertiary/aromatic N) is 1. The van der Waals surface area contributed by atoms with Crippen LogP contribution in [0.25, 0.3) is 0 Å². The summed E-state index contributed by atoms with van der Waals surface area (Å²) in [5.74, 6) is 1.54. The van der Waals surface area contributed by atoms with Crippen LogP contribution in [0.2, 0.25) is 5.15 Å². The Hall–Kier alpha value is -0.500. The van der Waals surface area contributed by atoms with Crippen molar-refractivity contribution in [3.8, 4) is 0 Å². The van der Waals surface area contributed by atoms with Crippen molar-refractivity contribution in [3.63, 3.8) is 0 Å². The number of halogens is 1. The summed E-state index contributed by atoms with van der Waals surface area (Å²) in [4.78, 5) is 0. The van der Waals surface area contributed by atoms with Gasteiger partial charge in [-0.05, 0) is 12.8 Å². The molecule has 0 amide bonds. The Bertz CT molecular complexity index is 240. The predicted octanol–water partition coefficient (Wildman–Crippen LogP) is 2.99. The van der Waals surface area contributed by atoms with Crippen molar-refractivity contribution in [2.45, 2.75) is 31.6 Å². The molecule has 1 aliphatic carbocycles. The Balaban J connectivity index is 2.15. The summed E-state index contributed by atoms with van der Waals surface area (Å²) in [6.45, 7) is 0. The fraction of sp³-hybridized carbons (Fsp3) is 0.625. The molecule has 0 atom stereocenters. The summed E-state index contributed by atoms with van der Waals surface area (Å²) in [7, 11) is 0. The molecule has 1 heterocycles. The largest absolute Gasteiger partial charge is 0.360 e. The van der Waals surface area contributed by atoms with Gasteiger partial charge in [0.05, 0.1) is 0 Å². The van der Waals surface area contributed by atoms with Crippen LogP contribution in [0.4, 0.5) is 0 Å². The van der Waals surface area contributed by atoms with Crippen molar-refractivity contribution in [1.82, 2.24) is 5.16 Å². The number of rotatable bonds is 1. The topological polar surface area (TPSA) is 26.0 Å². The van der Waals surface area contributed by atoms with E-state index in [1.165, 1.54) is 25.7 Å². The van der Waals surface area contributed by atoms with Gasteiger partial charge >= 0.3 is 0 Å². The predicted molar refractivity (Wildman–Crippen MR) is 42.7 cm³/mol. The smallest absolute Gasteiger partial charge is 0.172 e. The van der Waals surface area contributed by atoms with E-state index in [9.17, 15) is 0 Å². The van der Waals surface area contributed by atoms with Crippen molar-refractivity contribution in [1.29, 1.82) is 0 Å². The molecular weight excluding hydrogens is 162 g/mol. The maximum absolute atomic E-state index is 5.63. The van der Waals surface area contributed by atoms with Crippen molar-refractivity contribution in [3.05, 3.63) is 17.0 Å². The van der Waals surface area contributed by atoms with Gasteiger partial charge in [0, 0.05) is 12.0 Å². The minimum absolute atomic E-state index is 0.479. The molecule has 0 aliphatic heterocycles. The van der Waals surface area contributed by atoms with Crippen LogP contribution in [0.3, 0.4) is 0 Å². The minimum atomic E-state index is 0.479. The summed E-state index contributed by atoms with van der Waals surface area (Å²) in [6.07, 6.45) is 5.07. The second-order valence-electron chi connectivity index (χ2n) is 3.03. The highest BCUT2D eigenvalue weighted by molar-refractivity contribution is 6.29.